The second-order valence-electron chi connectivity index (χ2n) is 9.96. The number of hydrogen-bond donors (Lipinski definition) is 3. The van der Waals surface area contributed by atoms with Crippen LogP contribution in [0.1, 0.15) is 45.4 Å². The number of aromatic nitrogens is 1. The molecule has 0 radical (unpaired) electrons. The van der Waals surface area contributed by atoms with Crippen LogP contribution in [-0.4, -0.2) is 62.3 Å². The minimum Gasteiger partial charge on any atom is -0.383 e. The SMILES string of the molecule is COC[C@@H](C)N[C@H]1CC[C@H](Nc2cc(-c3cccc(NCC4(F)CCOCC4)c3)c(Cl)cn2)CC1. The molecule has 8 heteroatoms. The van der Waals surface area contributed by atoms with Gasteiger partial charge in [-0.05, 0) is 56.4 Å². The Balaban J connectivity index is 1.36. The lowest BCUT2D eigenvalue weighted by Gasteiger charge is -2.32. The summed E-state index contributed by atoms with van der Waals surface area (Å²) in [7, 11) is 1.74. The van der Waals surface area contributed by atoms with Gasteiger partial charge in [0.1, 0.15) is 11.5 Å². The van der Waals surface area contributed by atoms with Gasteiger partial charge in [-0.25, -0.2) is 9.37 Å². The maximum absolute atomic E-state index is 15.0. The minimum atomic E-state index is -1.23. The van der Waals surface area contributed by atoms with Crippen molar-refractivity contribution >= 4 is 23.1 Å². The van der Waals surface area contributed by atoms with E-state index in [2.05, 4.69) is 27.9 Å². The molecular weight excluding hydrogens is 467 g/mol. The van der Waals surface area contributed by atoms with Crippen molar-refractivity contribution in [1.82, 2.24) is 10.3 Å². The van der Waals surface area contributed by atoms with E-state index in [0.717, 1.165) is 54.9 Å². The lowest BCUT2D eigenvalue weighted by molar-refractivity contribution is -0.00115. The molecule has 2 heterocycles. The highest BCUT2D eigenvalue weighted by atomic mass is 35.5. The van der Waals surface area contributed by atoms with E-state index in [-0.39, 0.29) is 6.54 Å². The molecule has 1 saturated heterocycles. The predicted octanol–water partition coefficient (Wildman–Crippen LogP) is 5.68. The van der Waals surface area contributed by atoms with E-state index in [4.69, 9.17) is 21.1 Å². The van der Waals surface area contributed by atoms with Crippen LogP contribution in [0.2, 0.25) is 5.02 Å². The molecule has 2 aromatic rings. The Kier molecular flexibility index (Phi) is 9.22. The number of hydrogen-bond acceptors (Lipinski definition) is 6. The van der Waals surface area contributed by atoms with Gasteiger partial charge in [0.2, 0.25) is 0 Å². The fourth-order valence-electron chi connectivity index (χ4n) is 5.02. The molecule has 1 aliphatic carbocycles. The maximum atomic E-state index is 15.0. The number of ether oxygens (including phenoxy) is 2. The maximum Gasteiger partial charge on any atom is 0.132 e. The van der Waals surface area contributed by atoms with Crippen molar-refractivity contribution in [2.75, 3.05) is 44.1 Å². The van der Waals surface area contributed by atoms with Gasteiger partial charge in [0, 0.05) is 75.3 Å². The van der Waals surface area contributed by atoms with Crippen molar-refractivity contribution in [3.05, 3.63) is 41.6 Å². The predicted molar refractivity (Wildman–Crippen MR) is 141 cm³/mol. The lowest BCUT2D eigenvalue weighted by atomic mass is 9.90. The van der Waals surface area contributed by atoms with Crippen molar-refractivity contribution in [2.24, 2.45) is 0 Å². The molecule has 1 atom stereocenters. The highest BCUT2D eigenvalue weighted by molar-refractivity contribution is 6.33. The third-order valence-electron chi connectivity index (χ3n) is 7.04. The molecule has 35 heavy (non-hydrogen) atoms. The number of alkyl halides is 1. The van der Waals surface area contributed by atoms with Crippen LogP contribution in [0.3, 0.4) is 0 Å². The number of nitrogens with zero attached hydrogens (tertiary/aromatic N) is 1. The van der Waals surface area contributed by atoms with Crippen LogP contribution in [0.4, 0.5) is 15.9 Å². The molecule has 0 amide bonds. The largest absolute Gasteiger partial charge is 0.383 e. The first kappa shape index (κ1) is 26.1. The summed E-state index contributed by atoms with van der Waals surface area (Å²) < 4.78 is 25.5. The van der Waals surface area contributed by atoms with Crippen molar-refractivity contribution < 1.29 is 13.9 Å². The number of benzene rings is 1. The summed E-state index contributed by atoms with van der Waals surface area (Å²) in [4.78, 5) is 4.53. The molecule has 2 fully saturated rings. The van der Waals surface area contributed by atoms with Gasteiger partial charge in [-0.1, -0.05) is 23.7 Å². The third kappa shape index (κ3) is 7.53. The molecule has 0 spiro atoms. The number of nitrogens with one attached hydrogen (secondary N) is 3. The van der Waals surface area contributed by atoms with E-state index >= 15 is 0 Å². The Morgan fingerprint density at radius 1 is 1.17 bits per heavy atom. The molecule has 4 rings (SSSR count). The van der Waals surface area contributed by atoms with Crippen LogP contribution in [0.25, 0.3) is 11.1 Å². The van der Waals surface area contributed by atoms with E-state index in [1.54, 1.807) is 13.3 Å². The fourth-order valence-corrected chi connectivity index (χ4v) is 5.24. The first-order valence-corrected chi connectivity index (χ1v) is 13.1. The normalized spacial score (nSPS) is 23.0. The van der Waals surface area contributed by atoms with Gasteiger partial charge in [-0.15, -0.1) is 0 Å². The van der Waals surface area contributed by atoms with Gasteiger partial charge in [0.15, 0.2) is 0 Å². The van der Waals surface area contributed by atoms with Crippen LogP contribution < -0.4 is 16.0 Å². The zero-order valence-corrected chi connectivity index (χ0v) is 21.5. The second kappa shape index (κ2) is 12.3. The van der Waals surface area contributed by atoms with Gasteiger partial charge in [0.25, 0.3) is 0 Å². The quantitative estimate of drug-likeness (QED) is 0.387. The van der Waals surface area contributed by atoms with E-state index in [1.165, 1.54) is 0 Å². The Morgan fingerprint density at radius 3 is 2.66 bits per heavy atom. The smallest absolute Gasteiger partial charge is 0.132 e. The topological polar surface area (TPSA) is 67.4 Å². The first-order valence-electron chi connectivity index (χ1n) is 12.7. The van der Waals surface area contributed by atoms with Gasteiger partial charge >= 0.3 is 0 Å². The first-order chi connectivity index (χ1) is 16.9. The van der Waals surface area contributed by atoms with Gasteiger partial charge in [0.05, 0.1) is 11.6 Å². The van der Waals surface area contributed by atoms with Crippen LogP contribution in [-0.2, 0) is 9.47 Å². The molecule has 6 nitrogen and oxygen atoms in total. The average Bonchev–Trinajstić information content (AvgIpc) is 2.86. The molecular formula is C27H38ClFN4O2. The van der Waals surface area contributed by atoms with Crippen molar-refractivity contribution in [1.29, 1.82) is 0 Å². The number of pyridine rings is 1. The molecule has 1 aromatic heterocycles. The molecule has 1 saturated carbocycles. The Hall–Kier alpha value is -1.93. The monoisotopic (exact) mass is 504 g/mol. The van der Waals surface area contributed by atoms with Crippen LogP contribution in [0.5, 0.6) is 0 Å². The molecule has 192 valence electrons. The summed E-state index contributed by atoms with van der Waals surface area (Å²) in [6.07, 6.45) is 6.99. The Labute approximate surface area is 213 Å². The summed E-state index contributed by atoms with van der Waals surface area (Å²) in [5.74, 6) is 0.830. The molecule has 1 aliphatic heterocycles. The van der Waals surface area contributed by atoms with Gasteiger partial charge in [-0.2, -0.15) is 0 Å². The highest BCUT2D eigenvalue weighted by Gasteiger charge is 2.32. The summed E-state index contributed by atoms with van der Waals surface area (Å²) in [5, 5.41) is 11.1. The molecule has 2 aliphatic rings. The summed E-state index contributed by atoms with van der Waals surface area (Å²) >= 11 is 6.54. The van der Waals surface area contributed by atoms with Crippen molar-refractivity contribution in [3.63, 3.8) is 0 Å². The average molecular weight is 505 g/mol. The van der Waals surface area contributed by atoms with Crippen LogP contribution in [0, 0.1) is 0 Å². The van der Waals surface area contributed by atoms with Crippen molar-refractivity contribution in [3.8, 4) is 11.1 Å². The van der Waals surface area contributed by atoms with Crippen LogP contribution in [0.15, 0.2) is 36.5 Å². The summed E-state index contributed by atoms with van der Waals surface area (Å²) in [6.45, 7) is 4.13. The summed E-state index contributed by atoms with van der Waals surface area (Å²) in [6, 6.07) is 11.3. The zero-order chi connectivity index (χ0) is 24.7. The zero-order valence-electron chi connectivity index (χ0n) is 20.8. The fraction of sp³-hybridized carbons (Fsp3) is 0.593. The molecule has 0 bridgehead atoms. The standard InChI is InChI=1S/C27H38ClFN4O2/c1-19(17-34-2)32-21-6-8-22(9-7-21)33-26-15-24(25(28)16-30-26)20-4-3-5-23(14-20)31-18-27(29)10-12-35-13-11-27/h3-5,14-16,19,21-22,31-32H,6-13,17-18H2,1-2H3,(H,30,33)/t19-,21-,22-/m1/s1. The highest BCUT2D eigenvalue weighted by Crippen LogP contribution is 2.33. The van der Waals surface area contributed by atoms with Crippen molar-refractivity contribution in [2.45, 2.75) is 69.2 Å². The van der Waals surface area contributed by atoms with Gasteiger partial charge in [-0.3, -0.25) is 0 Å². The second-order valence-corrected chi connectivity index (χ2v) is 10.4. The van der Waals surface area contributed by atoms with E-state index in [1.807, 2.05) is 30.3 Å². The lowest BCUT2D eigenvalue weighted by Crippen LogP contribution is -2.42. The summed E-state index contributed by atoms with van der Waals surface area (Å²) in [5.41, 5.74) is 1.54. The Bertz CT molecular complexity index is 949. The number of anilines is 2. The molecule has 0 unspecified atom stereocenters. The third-order valence-corrected chi connectivity index (χ3v) is 7.34. The van der Waals surface area contributed by atoms with Crippen LogP contribution >= 0.6 is 11.6 Å². The van der Waals surface area contributed by atoms with E-state index < -0.39 is 5.67 Å². The number of rotatable bonds is 10. The van der Waals surface area contributed by atoms with E-state index in [0.29, 0.717) is 49.2 Å². The van der Waals surface area contributed by atoms with Gasteiger partial charge < -0.3 is 25.4 Å². The number of methoxy groups -OCH3 is 1. The minimum absolute atomic E-state index is 0.276. The Morgan fingerprint density at radius 2 is 1.91 bits per heavy atom. The molecule has 1 aromatic carbocycles. The number of halogens is 2. The molecule has 3 N–H and O–H groups in total. The van der Waals surface area contributed by atoms with E-state index in [9.17, 15) is 4.39 Å².